The Morgan fingerprint density at radius 1 is 0.918 bits per heavy atom. The summed E-state index contributed by atoms with van der Waals surface area (Å²) in [6, 6.07) is 11.4. The minimum Gasteiger partial charge on any atom is -0.453 e. The first-order valence-electron chi connectivity index (χ1n) is 20.4. The van der Waals surface area contributed by atoms with Gasteiger partial charge in [0.25, 0.3) is 0 Å². The maximum absolute atomic E-state index is 14.9. The molecule has 5 heterocycles. The Kier molecular flexibility index (Phi) is 13.5. The number of benzene rings is 2. The molecule has 12 nitrogen and oxygen atoms in total. The van der Waals surface area contributed by atoms with E-state index in [4.69, 9.17) is 14.5 Å². The van der Waals surface area contributed by atoms with Gasteiger partial charge in [-0.15, -0.1) is 0 Å². The molecule has 0 spiro atoms. The van der Waals surface area contributed by atoms with Crippen LogP contribution in [0.5, 0.6) is 0 Å². The zero-order valence-corrected chi connectivity index (χ0v) is 34.2. The van der Waals surface area contributed by atoms with Crippen molar-refractivity contribution in [2.75, 3.05) is 58.1 Å². The first-order valence-corrected chi connectivity index (χ1v) is 20.4. The van der Waals surface area contributed by atoms with Crippen LogP contribution in [0.3, 0.4) is 0 Å². The molecule has 1 aromatic heterocycles. The number of nitrogens with zero attached hydrogens (tertiary/aromatic N) is 3. The normalized spacial score (nSPS) is 21.0. The van der Waals surface area contributed by atoms with Crippen LogP contribution in [-0.4, -0.2) is 123 Å². The van der Waals surface area contributed by atoms with Gasteiger partial charge in [0.15, 0.2) is 0 Å². The highest BCUT2D eigenvalue weighted by molar-refractivity contribution is 5.87. The summed E-state index contributed by atoms with van der Waals surface area (Å²) in [5.74, 6) is 4.25. The predicted molar refractivity (Wildman–Crippen MR) is 215 cm³/mol. The first-order chi connectivity index (χ1) is 29.1. The molecular formula is C44H51F5N6O6. The lowest BCUT2D eigenvalue weighted by molar-refractivity contribution is -0.220. The van der Waals surface area contributed by atoms with Gasteiger partial charge in [-0.3, -0.25) is 9.69 Å². The molecule has 7 rings (SSSR count). The topological polar surface area (TPSA) is 138 Å². The smallest absolute Gasteiger partial charge is 0.407 e. The Morgan fingerprint density at radius 3 is 2.08 bits per heavy atom. The fourth-order valence-corrected chi connectivity index (χ4v) is 8.29. The summed E-state index contributed by atoms with van der Waals surface area (Å²) >= 11 is 0. The number of carbonyl (C=O) groups is 2. The van der Waals surface area contributed by atoms with Crippen molar-refractivity contribution in [1.82, 2.24) is 25.8 Å². The third-order valence-corrected chi connectivity index (χ3v) is 12.3. The van der Waals surface area contributed by atoms with Crippen LogP contribution >= 0.6 is 0 Å². The number of hydrogen-bond acceptors (Lipinski definition) is 10. The van der Waals surface area contributed by atoms with E-state index in [1.165, 1.54) is 25.0 Å². The van der Waals surface area contributed by atoms with Crippen molar-refractivity contribution in [2.45, 2.75) is 88.1 Å². The molecule has 4 aliphatic rings. The third-order valence-electron chi connectivity index (χ3n) is 12.3. The summed E-state index contributed by atoms with van der Waals surface area (Å²) in [5.41, 5.74) is -0.602. The van der Waals surface area contributed by atoms with Gasteiger partial charge in [0.2, 0.25) is 5.91 Å². The molecule has 61 heavy (non-hydrogen) atoms. The van der Waals surface area contributed by atoms with Crippen molar-refractivity contribution in [3.05, 3.63) is 94.2 Å². The number of hydrogen-bond donors (Lipinski definition) is 4. The van der Waals surface area contributed by atoms with Crippen LogP contribution in [0.4, 0.5) is 32.6 Å². The molecule has 17 heteroatoms. The second-order valence-corrected chi connectivity index (χ2v) is 16.8. The number of fused-ring (bicyclic) bond motifs is 2. The highest BCUT2D eigenvalue weighted by atomic mass is 19.4. The monoisotopic (exact) mass is 854 g/mol. The molecule has 2 bridgehead atoms. The number of pyridine rings is 1. The van der Waals surface area contributed by atoms with Crippen molar-refractivity contribution in [1.29, 1.82) is 0 Å². The molecule has 5 atom stereocenters. The number of aliphatic hydroxyl groups is 1. The number of methoxy groups -OCH3 is 1. The van der Waals surface area contributed by atoms with Crippen molar-refractivity contribution in [3.8, 4) is 11.8 Å². The van der Waals surface area contributed by atoms with E-state index in [2.05, 4.69) is 37.0 Å². The Morgan fingerprint density at radius 2 is 1.54 bits per heavy atom. The van der Waals surface area contributed by atoms with Gasteiger partial charge >= 0.3 is 12.3 Å². The molecule has 4 aliphatic heterocycles. The number of aliphatic hydroxyl groups excluding tert-OH is 1. The van der Waals surface area contributed by atoms with Crippen molar-refractivity contribution >= 4 is 17.8 Å². The van der Waals surface area contributed by atoms with Crippen LogP contribution in [-0.2, 0) is 32.0 Å². The summed E-state index contributed by atoms with van der Waals surface area (Å²) in [5, 5.41) is 18.6. The summed E-state index contributed by atoms with van der Waals surface area (Å²) in [4.78, 5) is 35.4. The number of anilines is 1. The maximum atomic E-state index is 14.9. The lowest BCUT2D eigenvalue weighted by atomic mass is 9.82. The number of piperazine rings is 1. The molecule has 3 aromatic rings. The van der Waals surface area contributed by atoms with Crippen LogP contribution in [0, 0.1) is 28.9 Å². The number of halogens is 5. The molecule has 2 aromatic carbocycles. The van der Waals surface area contributed by atoms with Crippen LogP contribution in [0.15, 0.2) is 54.7 Å². The minimum atomic E-state index is -4.93. The second-order valence-electron chi connectivity index (χ2n) is 16.8. The third kappa shape index (κ3) is 10.1. The summed E-state index contributed by atoms with van der Waals surface area (Å²) in [7, 11) is 0.948. The largest absolute Gasteiger partial charge is 0.453 e. The van der Waals surface area contributed by atoms with Gasteiger partial charge in [0.1, 0.15) is 23.5 Å². The first kappa shape index (κ1) is 44.2. The number of alkyl halides is 3. The van der Waals surface area contributed by atoms with Crippen molar-refractivity contribution in [2.24, 2.45) is 5.41 Å². The van der Waals surface area contributed by atoms with Gasteiger partial charge in [0, 0.05) is 67.1 Å². The summed E-state index contributed by atoms with van der Waals surface area (Å²) < 4.78 is 87.5. The molecule has 0 radical (unpaired) electrons. The van der Waals surface area contributed by atoms with Gasteiger partial charge in [0.05, 0.1) is 57.1 Å². The number of aromatic nitrogens is 1. The molecule has 4 fully saturated rings. The molecule has 4 saturated heterocycles. The lowest BCUT2D eigenvalue weighted by Gasteiger charge is -2.47. The van der Waals surface area contributed by atoms with Gasteiger partial charge in [-0.2, -0.15) is 13.2 Å². The quantitative estimate of drug-likeness (QED) is 0.136. The molecule has 4 N–H and O–H groups in total. The Labute approximate surface area is 351 Å². The van der Waals surface area contributed by atoms with Crippen LogP contribution in [0.1, 0.15) is 60.4 Å². The Bertz CT molecular complexity index is 2050. The number of amides is 2. The fraction of sp³-hybridized carbons (Fsp3) is 0.523. The van der Waals surface area contributed by atoms with Crippen LogP contribution in [0.2, 0.25) is 0 Å². The molecular weight excluding hydrogens is 804 g/mol. The highest BCUT2D eigenvalue weighted by Gasteiger charge is 2.56. The number of nitrogens with one attached hydrogen (secondary N) is 3. The summed E-state index contributed by atoms with van der Waals surface area (Å²) in [6.07, 6.45) is -3.63. The van der Waals surface area contributed by atoms with E-state index < -0.39 is 53.4 Å². The average molecular weight is 855 g/mol. The molecule has 2 amide bonds. The Balaban J connectivity index is 1.02. The number of ether oxygens (including phenoxy) is 3. The van der Waals surface area contributed by atoms with E-state index in [1.807, 2.05) is 17.4 Å². The lowest BCUT2D eigenvalue weighted by Crippen LogP contribution is -2.62. The molecule has 0 saturated carbocycles. The highest BCUT2D eigenvalue weighted by Crippen LogP contribution is 2.41. The number of alkyl carbamates (subject to hydrolysis) is 1. The molecule has 3 unspecified atom stereocenters. The van der Waals surface area contributed by atoms with Crippen LogP contribution < -0.4 is 20.9 Å². The van der Waals surface area contributed by atoms with E-state index in [9.17, 15) is 36.6 Å². The fourth-order valence-electron chi connectivity index (χ4n) is 8.29. The second kappa shape index (κ2) is 18.6. The van der Waals surface area contributed by atoms with Crippen LogP contribution in [0.25, 0.3) is 0 Å². The maximum Gasteiger partial charge on any atom is 0.407 e. The number of carbonyl (C=O) groups excluding carboxylic acids is 2. The SMILES string of the molecule is COC(=O)N[C@H](C(=O)NC(Cc1ccc(C#Cc2ccc(N3CC4CCC(C3)N4C3COC3)nc2)cc1)[C@@H](O)CNCc1c(F)cc(C2COC2)cc1F)C(C)(C)C(F)(F)F. The van der Waals surface area contributed by atoms with Gasteiger partial charge < -0.3 is 40.2 Å². The van der Waals surface area contributed by atoms with E-state index in [0.29, 0.717) is 48.0 Å². The zero-order chi connectivity index (χ0) is 43.5. The standard InChI is InChI=1S/C44H51F5N6O6/c1-43(2,44(47,48)49)40(53-42(58)59-3)41(57)52-37(38(56)19-50-18-34-35(45)15-29(16-36(34)46)30-22-60-23-30)14-27-7-4-26(5-8-27)6-9-28-10-13-39(51-17-28)54-20-31-11-12-32(21-54)55(31)33-24-61-25-33/h4-5,7-8,10,13,15-17,30-33,37-38,40,50,56H,11-12,14,18-25H2,1-3H3,(H,52,57)(H,53,58)/t31?,32?,37?,38-,40+/m0/s1. The van der Waals surface area contributed by atoms with E-state index in [-0.39, 0.29) is 31.0 Å². The zero-order valence-electron chi connectivity index (χ0n) is 34.2. The minimum absolute atomic E-state index is 0.0731. The average Bonchev–Trinajstić information content (AvgIpc) is 3.41. The van der Waals surface area contributed by atoms with Gasteiger partial charge in [-0.25, -0.2) is 18.6 Å². The molecule has 328 valence electrons. The van der Waals surface area contributed by atoms with E-state index >= 15 is 0 Å². The number of rotatable bonds is 14. The van der Waals surface area contributed by atoms with Crippen molar-refractivity contribution in [3.63, 3.8) is 0 Å². The van der Waals surface area contributed by atoms with Crippen molar-refractivity contribution < 1.29 is 50.9 Å². The van der Waals surface area contributed by atoms with Gasteiger partial charge in [-0.1, -0.05) is 24.0 Å². The Hall–Kier alpha value is -4.86. The molecule has 0 aliphatic carbocycles. The summed E-state index contributed by atoms with van der Waals surface area (Å²) in [6.45, 7) is 5.09. The van der Waals surface area contributed by atoms with Gasteiger partial charge in [-0.05, 0) is 80.6 Å². The van der Waals surface area contributed by atoms with E-state index in [1.54, 1.807) is 30.5 Å². The predicted octanol–water partition coefficient (Wildman–Crippen LogP) is 4.42. The van der Waals surface area contributed by atoms with E-state index in [0.717, 1.165) is 58.6 Å².